The average molecular weight is 482 g/mol. The SMILES string of the molecule is O=C(NC(Cc1ccc(OCCCCC2CCNCC2)cc1)C(=O)O)C1=Nc2ccccc2C1F. The van der Waals surface area contributed by atoms with Crippen LogP contribution in [0.3, 0.4) is 0 Å². The van der Waals surface area contributed by atoms with Crippen LogP contribution in [0.25, 0.3) is 0 Å². The highest BCUT2D eigenvalue weighted by molar-refractivity contribution is 6.42. The largest absolute Gasteiger partial charge is 0.494 e. The minimum Gasteiger partial charge on any atom is -0.494 e. The molecule has 3 N–H and O–H groups in total. The van der Waals surface area contributed by atoms with Crippen molar-refractivity contribution in [2.45, 2.75) is 50.7 Å². The normalized spacial score (nSPS) is 18.4. The van der Waals surface area contributed by atoms with Crippen LogP contribution in [0.4, 0.5) is 10.1 Å². The van der Waals surface area contributed by atoms with Crippen molar-refractivity contribution in [2.75, 3.05) is 19.7 Å². The first-order chi connectivity index (χ1) is 17.0. The van der Waals surface area contributed by atoms with E-state index in [1.807, 2.05) is 0 Å². The second kappa shape index (κ2) is 11.9. The van der Waals surface area contributed by atoms with Gasteiger partial charge in [-0.2, -0.15) is 0 Å². The zero-order valence-electron chi connectivity index (χ0n) is 19.7. The van der Waals surface area contributed by atoms with Gasteiger partial charge < -0.3 is 20.5 Å². The lowest BCUT2D eigenvalue weighted by molar-refractivity contribution is -0.141. The highest BCUT2D eigenvalue weighted by Gasteiger charge is 2.33. The van der Waals surface area contributed by atoms with Crippen LogP contribution in [-0.4, -0.2) is 48.4 Å². The number of nitrogens with one attached hydrogen (secondary N) is 2. The van der Waals surface area contributed by atoms with Gasteiger partial charge >= 0.3 is 5.97 Å². The number of hydrogen-bond donors (Lipinski definition) is 3. The van der Waals surface area contributed by atoms with Gasteiger partial charge in [-0.05, 0) is 68.5 Å². The van der Waals surface area contributed by atoms with Gasteiger partial charge in [0.2, 0.25) is 0 Å². The third kappa shape index (κ3) is 6.66. The molecule has 2 atom stereocenters. The molecule has 4 rings (SSSR count). The molecule has 2 aromatic carbocycles. The van der Waals surface area contributed by atoms with E-state index < -0.39 is 24.1 Å². The summed E-state index contributed by atoms with van der Waals surface area (Å²) < 4.78 is 20.5. The van der Waals surface area contributed by atoms with Crippen molar-refractivity contribution in [1.82, 2.24) is 10.6 Å². The second-order valence-corrected chi connectivity index (χ2v) is 9.17. The van der Waals surface area contributed by atoms with Crippen molar-refractivity contribution >= 4 is 23.3 Å². The summed E-state index contributed by atoms with van der Waals surface area (Å²) in [4.78, 5) is 28.4. The first-order valence-corrected chi connectivity index (χ1v) is 12.3. The van der Waals surface area contributed by atoms with Crippen LogP contribution < -0.4 is 15.4 Å². The number of alkyl halides is 1. The molecule has 7 nitrogen and oxygen atoms in total. The fourth-order valence-corrected chi connectivity index (χ4v) is 4.59. The summed E-state index contributed by atoms with van der Waals surface area (Å²) in [5, 5.41) is 15.4. The maximum atomic E-state index is 14.6. The average Bonchev–Trinajstić information content (AvgIpc) is 3.21. The molecular weight excluding hydrogens is 449 g/mol. The summed E-state index contributed by atoms with van der Waals surface area (Å²) in [5.41, 5.74) is 1.11. The fourth-order valence-electron chi connectivity index (χ4n) is 4.59. The Kier molecular flexibility index (Phi) is 8.47. The Hall–Kier alpha value is -3.26. The molecule has 0 spiro atoms. The van der Waals surface area contributed by atoms with Gasteiger partial charge in [-0.15, -0.1) is 0 Å². The number of fused-ring (bicyclic) bond motifs is 1. The molecular formula is C27H32FN3O4. The number of amides is 1. The summed E-state index contributed by atoms with van der Waals surface area (Å²) in [7, 11) is 0. The Labute approximate surface area is 204 Å². The molecule has 8 heteroatoms. The predicted octanol–water partition coefficient (Wildman–Crippen LogP) is 4.14. The van der Waals surface area contributed by atoms with Gasteiger partial charge in [0.15, 0.2) is 6.17 Å². The highest BCUT2D eigenvalue weighted by atomic mass is 19.1. The van der Waals surface area contributed by atoms with Gasteiger partial charge in [0.1, 0.15) is 17.5 Å². The number of rotatable bonds is 11. The number of hydrogen-bond acceptors (Lipinski definition) is 5. The van der Waals surface area contributed by atoms with Crippen molar-refractivity contribution in [3.63, 3.8) is 0 Å². The van der Waals surface area contributed by atoms with Gasteiger partial charge in [0, 0.05) is 12.0 Å². The molecule has 35 heavy (non-hydrogen) atoms. The number of ether oxygens (including phenoxy) is 1. The number of carboxylic acid groups (broad SMARTS) is 1. The Morgan fingerprint density at radius 3 is 2.57 bits per heavy atom. The first kappa shape index (κ1) is 24.9. The number of benzene rings is 2. The fraction of sp³-hybridized carbons (Fsp3) is 0.444. The molecule has 2 aliphatic rings. The number of unbranched alkanes of at least 4 members (excludes halogenated alkanes) is 1. The Balaban J connectivity index is 1.24. The van der Waals surface area contributed by atoms with Crippen molar-refractivity contribution < 1.29 is 23.8 Å². The van der Waals surface area contributed by atoms with Crippen LogP contribution in [0.15, 0.2) is 53.5 Å². The van der Waals surface area contributed by atoms with Gasteiger partial charge in [-0.1, -0.05) is 36.8 Å². The lowest BCUT2D eigenvalue weighted by atomic mass is 9.93. The number of piperidine rings is 1. The molecule has 0 aromatic heterocycles. The van der Waals surface area contributed by atoms with Crippen LogP contribution in [-0.2, 0) is 16.0 Å². The second-order valence-electron chi connectivity index (χ2n) is 9.17. The highest BCUT2D eigenvalue weighted by Crippen LogP contribution is 2.36. The molecule has 0 bridgehead atoms. The van der Waals surface area contributed by atoms with E-state index >= 15 is 0 Å². The summed E-state index contributed by atoms with van der Waals surface area (Å²) in [5.74, 6) is -0.459. The molecule has 0 radical (unpaired) electrons. The summed E-state index contributed by atoms with van der Waals surface area (Å²) in [6.45, 7) is 2.89. The quantitative estimate of drug-likeness (QED) is 0.419. The number of aliphatic imine (C=N–C) groups is 1. The topological polar surface area (TPSA) is 100 Å². The van der Waals surface area contributed by atoms with Gasteiger partial charge in [0.05, 0.1) is 12.3 Å². The smallest absolute Gasteiger partial charge is 0.326 e. The van der Waals surface area contributed by atoms with E-state index in [2.05, 4.69) is 15.6 Å². The Morgan fingerprint density at radius 1 is 1.11 bits per heavy atom. The number of nitrogens with zero attached hydrogens (tertiary/aromatic N) is 1. The molecule has 186 valence electrons. The summed E-state index contributed by atoms with van der Waals surface area (Å²) in [6, 6.07) is 12.5. The van der Waals surface area contributed by atoms with E-state index in [1.54, 1.807) is 48.5 Å². The molecule has 2 aromatic rings. The molecule has 1 amide bonds. The predicted molar refractivity (Wildman–Crippen MR) is 132 cm³/mol. The molecule has 0 aliphatic carbocycles. The van der Waals surface area contributed by atoms with Crippen LogP contribution >= 0.6 is 0 Å². The Bertz CT molecular complexity index is 1050. The maximum Gasteiger partial charge on any atom is 0.326 e. The molecule has 2 unspecified atom stereocenters. The number of para-hydroxylation sites is 1. The molecule has 1 saturated heterocycles. The molecule has 1 fully saturated rings. The number of carbonyl (C=O) groups excluding carboxylic acids is 1. The number of aliphatic carboxylic acids is 1. The van der Waals surface area contributed by atoms with E-state index in [0.717, 1.165) is 43.2 Å². The standard InChI is InChI=1S/C27H32FN3O4/c28-24-21-6-1-2-7-22(21)30-25(24)26(32)31-23(27(33)34)17-19-8-10-20(11-9-19)35-16-4-3-5-18-12-14-29-15-13-18/h1-2,6-11,18,23-24,29H,3-5,12-17H2,(H,31,32)(H,33,34). The lowest BCUT2D eigenvalue weighted by Gasteiger charge is -2.22. The monoisotopic (exact) mass is 481 g/mol. The minimum atomic E-state index is -1.67. The van der Waals surface area contributed by atoms with E-state index in [9.17, 15) is 19.1 Å². The zero-order chi connectivity index (χ0) is 24.6. The van der Waals surface area contributed by atoms with Gasteiger partial charge in [-0.3, -0.25) is 4.79 Å². The Morgan fingerprint density at radius 2 is 1.86 bits per heavy atom. The number of carbonyl (C=O) groups is 2. The van der Waals surface area contributed by atoms with Crippen molar-refractivity contribution in [3.05, 3.63) is 59.7 Å². The zero-order valence-corrected chi connectivity index (χ0v) is 19.7. The van der Waals surface area contributed by atoms with E-state index in [4.69, 9.17) is 4.74 Å². The van der Waals surface area contributed by atoms with Crippen LogP contribution in [0.5, 0.6) is 5.75 Å². The van der Waals surface area contributed by atoms with Crippen LogP contribution in [0.1, 0.15) is 49.4 Å². The van der Waals surface area contributed by atoms with E-state index in [1.165, 1.54) is 19.3 Å². The van der Waals surface area contributed by atoms with E-state index in [0.29, 0.717) is 17.9 Å². The van der Waals surface area contributed by atoms with E-state index in [-0.39, 0.29) is 12.1 Å². The summed E-state index contributed by atoms with van der Waals surface area (Å²) >= 11 is 0. The van der Waals surface area contributed by atoms with Gasteiger partial charge in [0.25, 0.3) is 5.91 Å². The third-order valence-corrected chi connectivity index (χ3v) is 6.62. The number of halogens is 1. The van der Waals surface area contributed by atoms with Gasteiger partial charge in [-0.25, -0.2) is 14.2 Å². The number of carboxylic acids is 1. The van der Waals surface area contributed by atoms with Crippen molar-refractivity contribution in [3.8, 4) is 5.75 Å². The van der Waals surface area contributed by atoms with Crippen molar-refractivity contribution in [1.29, 1.82) is 0 Å². The molecule has 2 heterocycles. The van der Waals surface area contributed by atoms with Crippen LogP contribution in [0.2, 0.25) is 0 Å². The minimum absolute atomic E-state index is 0.0643. The molecule has 2 aliphatic heterocycles. The first-order valence-electron chi connectivity index (χ1n) is 12.3. The summed E-state index contributed by atoms with van der Waals surface area (Å²) in [6.07, 6.45) is 4.31. The third-order valence-electron chi connectivity index (χ3n) is 6.62. The molecule has 0 saturated carbocycles. The van der Waals surface area contributed by atoms with Crippen molar-refractivity contribution in [2.24, 2.45) is 10.9 Å². The lowest BCUT2D eigenvalue weighted by Crippen LogP contribution is -2.45. The maximum absolute atomic E-state index is 14.6. The van der Waals surface area contributed by atoms with Crippen LogP contribution in [0, 0.1) is 5.92 Å².